The average Bonchev–Trinajstić information content (AvgIpc) is 3.58. The van der Waals surface area contributed by atoms with Crippen molar-refractivity contribution in [3.63, 3.8) is 0 Å². The van der Waals surface area contributed by atoms with Crippen molar-refractivity contribution in [1.82, 2.24) is 19.9 Å². The van der Waals surface area contributed by atoms with Crippen LogP contribution in [0.1, 0.15) is 52.7 Å². The van der Waals surface area contributed by atoms with Crippen LogP contribution in [0.2, 0.25) is 0 Å². The summed E-state index contributed by atoms with van der Waals surface area (Å²) in [5.41, 5.74) is 7.04. The molecule has 0 atom stereocenters. The third-order valence-corrected chi connectivity index (χ3v) is 6.76. The van der Waals surface area contributed by atoms with Gasteiger partial charge in [-0.3, -0.25) is 4.79 Å². The van der Waals surface area contributed by atoms with E-state index in [4.69, 9.17) is 5.10 Å². The van der Waals surface area contributed by atoms with Crippen molar-refractivity contribution in [1.29, 1.82) is 0 Å². The van der Waals surface area contributed by atoms with E-state index in [0.29, 0.717) is 28.4 Å². The molecule has 0 radical (unpaired) electrons. The second-order valence-corrected chi connectivity index (χ2v) is 10.2. The van der Waals surface area contributed by atoms with Gasteiger partial charge in [-0.1, -0.05) is 18.2 Å². The van der Waals surface area contributed by atoms with Crippen molar-refractivity contribution in [2.45, 2.75) is 58.7 Å². The van der Waals surface area contributed by atoms with Crippen LogP contribution in [0.15, 0.2) is 48.7 Å². The number of fused-ring (bicyclic) bond motifs is 1. The minimum atomic E-state index is -4.20. The maximum Gasteiger partial charge on any atom is 0.389 e. The number of rotatable bonds is 9. The van der Waals surface area contributed by atoms with Crippen LogP contribution in [0, 0.1) is 20.8 Å². The van der Waals surface area contributed by atoms with Crippen LogP contribution in [0.4, 0.5) is 30.4 Å². The number of alkyl halides is 3. The number of imidazole rings is 1. The van der Waals surface area contributed by atoms with E-state index >= 15 is 0 Å². The van der Waals surface area contributed by atoms with Gasteiger partial charge in [0.05, 0.1) is 17.6 Å². The van der Waals surface area contributed by atoms with Gasteiger partial charge in [-0.15, -0.1) is 5.10 Å². The summed E-state index contributed by atoms with van der Waals surface area (Å²) in [5.74, 6) is 0.439. The fourth-order valence-electron chi connectivity index (χ4n) is 4.45. The normalized spacial score (nSPS) is 13.5. The maximum absolute atomic E-state index is 12.7. The molecular formula is C29H31F3N6O. The molecule has 3 N–H and O–H groups in total. The Morgan fingerprint density at radius 2 is 1.82 bits per heavy atom. The highest BCUT2D eigenvalue weighted by atomic mass is 19.4. The van der Waals surface area contributed by atoms with Gasteiger partial charge in [0, 0.05) is 41.9 Å². The topological polar surface area (TPSA) is 83.3 Å². The Hall–Kier alpha value is -4.08. The molecule has 39 heavy (non-hydrogen) atoms. The SMILES string of the molecule is Cc1ccc(C)c(Nc2cc(NCCCC(F)(F)F)c3ncc(-c4ccc(C(=O)NC5CC5)c(C)c4)n3n2)c1. The van der Waals surface area contributed by atoms with Gasteiger partial charge in [-0.05, 0) is 74.9 Å². The van der Waals surface area contributed by atoms with Crippen molar-refractivity contribution in [2.24, 2.45) is 0 Å². The lowest BCUT2D eigenvalue weighted by Crippen LogP contribution is -2.26. The molecule has 10 heteroatoms. The van der Waals surface area contributed by atoms with Gasteiger partial charge in [-0.2, -0.15) is 13.2 Å². The quantitative estimate of drug-likeness (QED) is 0.207. The van der Waals surface area contributed by atoms with Gasteiger partial charge >= 0.3 is 6.18 Å². The van der Waals surface area contributed by atoms with E-state index in [1.165, 1.54) is 0 Å². The number of aromatic nitrogens is 3. The Morgan fingerprint density at radius 1 is 1.03 bits per heavy atom. The van der Waals surface area contributed by atoms with E-state index in [9.17, 15) is 18.0 Å². The predicted octanol–water partition coefficient (Wildman–Crippen LogP) is 6.71. The van der Waals surface area contributed by atoms with Crippen molar-refractivity contribution < 1.29 is 18.0 Å². The van der Waals surface area contributed by atoms with Crippen LogP contribution in [-0.4, -0.2) is 39.3 Å². The van der Waals surface area contributed by atoms with Crippen LogP contribution in [-0.2, 0) is 0 Å². The van der Waals surface area contributed by atoms with E-state index in [1.54, 1.807) is 22.8 Å². The fourth-order valence-corrected chi connectivity index (χ4v) is 4.45. The van der Waals surface area contributed by atoms with Crippen molar-refractivity contribution >= 4 is 28.7 Å². The van der Waals surface area contributed by atoms with Crippen molar-refractivity contribution in [3.05, 3.63) is 70.9 Å². The molecule has 1 saturated carbocycles. The van der Waals surface area contributed by atoms with E-state index in [1.807, 2.05) is 51.1 Å². The zero-order valence-corrected chi connectivity index (χ0v) is 22.1. The summed E-state index contributed by atoms with van der Waals surface area (Å²) in [6.07, 6.45) is -1.42. The molecule has 2 aromatic heterocycles. The number of carbonyl (C=O) groups is 1. The van der Waals surface area contributed by atoms with Gasteiger partial charge in [-0.25, -0.2) is 9.50 Å². The molecule has 7 nitrogen and oxygen atoms in total. The number of nitrogens with zero attached hydrogens (tertiary/aromatic N) is 3. The minimum Gasteiger partial charge on any atom is -0.382 e. The molecule has 0 bridgehead atoms. The zero-order valence-electron chi connectivity index (χ0n) is 22.1. The molecular weight excluding hydrogens is 505 g/mol. The summed E-state index contributed by atoms with van der Waals surface area (Å²) in [6.45, 7) is 6.01. The Balaban J connectivity index is 1.50. The lowest BCUT2D eigenvalue weighted by Gasteiger charge is -2.14. The first-order valence-electron chi connectivity index (χ1n) is 13.0. The minimum absolute atomic E-state index is 0.0606. The molecule has 0 spiro atoms. The molecule has 1 amide bonds. The number of halogens is 3. The first kappa shape index (κ1) is 26.5. The molecule has 0 aliphatic heterocycles. The lowest BCUT2D eigenvalue weighted by molar-refractivity contribution is -0.134. The van der Waals surface area contributed by atoms with Crippen LogP contribution in [0.5, 0.6) is 0 Å². The third-order valence-electron chi connectivity index (χ3n) is 6.76. The fraction of sp³-hybridized carbons (Fsp3) is 0.345. The van der Waals surface area contributed by atoms with Gasteiger partial charge in [0.15, 0.2) is 11.5 Å². The van der Waals surface area contributed by atoms with Gasteiger partial charge in [0.1, 0.15) is 0 Å². The number of anilines is 3. The highest BCUT2D eigenvalue weighted by Crippen LogP contribution is 2.30. The first-order chi connectivity index (χ1) is 18.6. The molecule has 4 aromatic rings. The predicted molar refractivity (Wildman–Crippen MR) is 147 cm³/mol. The highest BCUT2D eigenvalue weighted by molar-refractivity contribution is 5.96. The molecule has 204 valence electrons. The van der Waals surface area contributed by atoms with E-state index in [-0.39, 0.29) is 24.9 Å². The second kappa shape index (κ2) is 10.6. The van der Waals surface area contributed by atoms with E-state index < -0.39 is 12.6 Å². The maximum atomic E-state index is 12.7. The second-order valence-electron chi connectivity index (χ2n) is 10.2. The van der Waals surface area contributed by atoms with E-state index in [2.05, 4.69) is 20.9 Å². The molecule has 1 fully saturated rings. The Labute approximate surface area is 224 Å². The summed E-state index contributed by atoms with van der Waals surface area (Å²) < 4.78 is 39.7. The first-order valence-corrected chi connectivity index (χ1v) is 13.0. The lowest BCUT2D eigenvalue weighted by atomic mass is 10.0. The number of hydrogen-bond donors (Lipinski definition) is 3. The number of aryl methyl sites for hydroxylation is 3. The number of benzene rings is 2. The Bertz CT molecular complexity index is 1520. The molecule has 5 rings (SSSR count). The van der Waals surface area contributed by atoms with Gasteiger partial charge in [0.2, 0.25) is 0 Å². The van der Waals surface area contributed by atoms with Crippen molar-refractivity contribution in [3.8, 4) is 11.3 Å². The highest BCUT2D eigenvalue weighted by Gasteiger charge is 2.26. The summed E-state index contributed by atoms with van der Waals surface area (Å²) in [4.78, 5) is 17.1. The average molecular weight is 537 g/mol. The van der Waals surface area contributed by atoms with Crippen LogP contribution >= 0.6 is 0 Å². The Kier molecular flexibility index (Phi) is 7.20. The van der Waals surface area contributed by atoms with Crippen LogP contribution < -0.4 is 16.0 Å². The molecule has 0 saturated heterocycles. The van der Waals surface area contributed by atoms with Gasteiger partial charge < -0.3 is 16.0 Å². The molecule has 0 unspecified atom stereocenters. The summed E-state index contributed by atoms with van der Waals surface area (Å²) in [6, 6.07) is 13.7. The van der Waals surface area contributed by atoms with Crippen LogP contribution in [0.25, 0.3) is 16.9 Å². The van der Waals surface area contributed by atoms with E-state index in [0.717, 1.165) is 40.8 Å². The Morgan fingerprint density at radius 3 is 2.54 bits per heavy atom. The number of amides is 1. The smallest absolute Gasteiger partial charge is 0.382 e. The number of carbonyl (C=O) groups excluding carboxylic acids is 1. The van der Waals surface area contributed by atoms with Crippen LogP contribution in [0.3, 0.4) is 0 Å². The largest absolute Gasteiger partial charge is 0.389 e. The standard InChI is InChI=1S/C29H31F3N6O/c1-17-5-6-18(2)23(13-17)36-26-15-24(33-12-4-11-29(30,31)32)27-34-16-25(38(27)37-26)20-7-10-22(19(3)14-20)28(39)35-21-8-9-21/h5-7,10,13-16,21,33H,4,8-9,11-12H2,1-3H3,(H,35,39)(H,36,37). The molecule has 2 heterocycles. The zero-order chi connectivity index (χ0) is 27.7. The molecule has 2 aromatic carbocycles. The summed E-state index contributed by atoms with van der Waals surface area (Å²) in [7, 11) is 0. The monoisotopic (exact) mass is 536 g/mol. The van der Waals surface area contributed by atoms with Gasteiger partial charge in [0.25, 0.3) is 5.91 Å². The third kappa shape index (κ3) is 6.32. The molecule has 1 aliphatic rings. The number of hydrogen-bond acceptors (Lipinski definition) is 5. The summed E-state index contributed by atoms with van der Waals surface area (Å²) in [5, 5.41) is 14.3. The van der Waals surface area contributed by atoms with Crippen molar-refractivity contribution in [2.75, 3.05) is 17.2 Å². The number of nitrogens with one attached hydrogen (secondary N) is 3. The summed E-state index contributed by atoms with van der Waals surface area (Å²) >= 11 is 0. The molecule has 1 aliphatic carbocycles.